The third-order valence-corrected chi connectivity index (χ3v) is 4.58. The van der Waals surface area contributed by atoms with Crippen LogP contribution in [0.4, 0.5) is 10.5 Å². The van der Waals surface area contributed by atoms with Gasteiger partial charge in [0.25, 0.3) is 11.8 Å². The van der Waals surface area contributed by atoms with Crippen LogP contribution >= 0.6 is 27.5 Å². The number of anilines is 1. The monoisotopic (exact) mass is 448 g/mol. The number of imide groups is 2. The number of barbiturate groups is 1. The second-order valence-corrected chi connectivity index (χ2v) is 6.85. The van der Waals surface area contributed by atoms with Gasteiger partial charge in [-0.1, -0.05) is 39.7 Å². The molecule has 0 radical (unpaired) electrons. The summed E-state index contributed by atoms with van der Waals surface area (Å²) in [6.45, 7) is 2.25. The van der Waals surface area contributed by atoms with Gasteiger partial charge in [0.05, 0.1) is 17.3 Å². The number of ether oxygens (including phenoxy) is 1. The van der Waals surface area contributed by atoms with Crippen molar-refractivity contribution in [3.8, 4) is 5.75 Å². The molecule has 1 heterocycles. The molecule has 0 spiro atoms. The number of halogens is 2. The lowest BCUT2D eigenvalue weighted by atomic mass is 10.1. The Morgan fingerprint density at radius 2 is 1.93 bits per heavy atom. The number of rotatable bonds is 4. The summed E-state index contributed by atoms with van der Waals surface area (Å²) in [7, 11) is 0. The van der Waals surface area contributed by atoms with Gasteiger partial charge in [-0.3, -0.25) is 14.9 Å². The van der Waals surface area contributed by atoms with Crippen molar-refractivity contribution < 1.29 is 19.1 Å². The van der Waals surface area contributed by atoms with E-state index in [-0.39, 0.29) is 16.3 Å². The predicted molar refractivity (Wildman–Crippen MR) is 106 cm³/mol. The lowest BCUT2D eigenvalue weighted by Gasteiger charge is -2.27. The number of nitrogens with one attached hydrogen (secondary N) is 1. The average molecular weight is 450 g/mol. The van der Waals surface area contributed by atoms with Gasteiger partial charge in [0.1, 0.15) is 11.3 Å². The first-order valence-corrected chi connectivity index (χ1v) is 9.17. The molecule has 2 aromatic rings. The van der Waals surface area contributed by atoms with E-state index in [0.717, 1.165) is 9.37 Å². The van der Waals surface area contributed by atoms with E-state index < -0.39 is 17.8 Å². The van der Waals surface area contributed by atoms with Crippen LogP contribution in [0.2, 0.25) is 5.02 Å². The minimum absolute atomic E-state index is 0.194. The molecular formula is C19H14BrClN2O4. The first kappa shape index (κ1) is 19.1. The van der Waals surface area contributed by atoms with Crippen LogP contribution in [0.15, 0.2) is 52.5 Å². The van der Waals surface area contributed by atoms with Gasteiger partial charge in [-0.15, -0.1) is 0 Å². The van der Waals surface area contributed by atoms with Crippen molar-refractivity contribution >= 4 is 57.1 Å². The molecular weight excluding hydrogens is 436 g/mol. The van der Waals surface area contributed by atoms with Gasteiger partial charge in [0.15, 0.2) is 0 Å². The van der Waals surface area contributed by atoms with Crippen LogP contribution in [0.5, 0.6) is 5.75 Å². The van der Waals surface area contributed by atoms with Crippen molar-refractivity contribution in [1.82, 2.24) is 5.32 Å². The lowest BCUT2D eigenvalue weighted by Crippen LogP contribution is -2.54. The maximum absolute atomic E-state index is 12.9. The van der Waals surface area contributed by atoms with Crippen LogP contribution in [0.3, 0.4) is 0 Å². The topological polar surface area (TPSA) is 75.7 Å². The maximum atomic E-state index is 12.9. The largest absolute Gasteiger partial charge is 0.493 e. The number of amides is 4. The van der Waals surface area contributed by atoms with Crippen LogP contribution in [0.25, 0.3) is 6.08 Å². The minimum Gasteiger partial charge on any atom is -0.493 e. The van der Waals surface area contributed by atoms with Gasteiger partial charge in [-0.05, 0) is 43.3 Å². The normalized spacial score (nSPS) is 15.9. The highest BCUT2D eigenvalue weighted by Gasteiger charge is 2.37. The second-order valence-electron chi connectivity index (χ2n) is 5.52. The number of para-hydroxylation sites is 1. The Morgan fingerprint density at radius 1 is 1.19 bits per heavy atom. The third-order valence-electron chi connectivity index (χ3n) is 3.77. The van der Waals surface area contributed by atoms with E-state index in [9.17, 15) is 14.4 Å². The molecule has 0 aliphatic carbocycles. The lowest BCUT2D eigenvalue weighted by molar-refractivity contribution is -0.122. The molecule has 2 aromatic carbocycles. The van der Waals surface area contributed by atoms with Crippen molar-refractivity contribution in [2.24, 2.45) is 0 Å². The molecule has 4 amide bonds. The van der Waals surface area contributed by atoms with Crippen LogP contribution in [-0.4, -0.2) is 24.5 Å². The Morgan fingerprint density at radius 3 is 2.63 bits per heavy atom. The Hall–Kier alpha value is -2.64. The molecule has 8 heteroatoms. The Balaban J connectivity index is 2.08. The molecule has 1 fully saturated rings. The number of benzene rings is 2. The highest BCUT2D eigenvalue weighted by Crippen LogP contribution is 2.30. The number of nitrogens with zero attached hydrogens (tertiary/aromatic N) is 1. The fourth-order valence-corrected chi connectivity index (χ4v) is 3.18. The van der Waals surface area contributed by atoms with Crippen LogP contribution in [0, 0.1) is 0 Å². The summed E-state index contributed by atoms with van der Waals surface area (Å²) in [5, 5.41) is 2.38. The fraction of sp³-hybridized carbons (Fsp3) is 0.105. The summed E-state index contributed by atoms with van der Waals surface area (Å²) in [4.78, 5) is 38.3. The summed E-state index contributed by atoms with van der Waals surface area (Å²) < 4.78 is 6.30. The molecule has 1 N–H and O–H groups in total. The van der Waals surface area contributed by atoms with Crippen molar-refractivity contribution in [1.29, 1.82) is 0 Å². The zero-order valence-corrected chi connectivity index (χ0v) is 16.5. The second kappa shape index (κ2) is 7.94. The highest BCUT2D eigenvalue weighted by molar-refractivity contribution is 9.10. The zero-order valence-electron chi connectivity index (χ0n) is 14.2. The van der Waals surface area contributed by atoms with Gasteiger partial charge in [-0.25, -0.2) is 9.69 Å². The predicted octanol–water partition coefficient (Wildman–Crippen LogP) is 4.17. The Bertz CT molecular complexity index is 974. The Kier molecular flexibility index (Phi) is 5.62. The first-order valence-electron chi connectivity index (χ1n) is 8.00. The highest BCUT2D eigenvalue weighted by atomic mass is 79.9. The van der Waals surface area contributed by atoms with Crippen LogP contribution in [-0.2, 0) is 9.59 Å². The van der Waals surface area contributed by atoms with Crippen LogP contribution in [0.1, 0.15) is 12.5 Å². The van der Waals surface area contributed by atoms with E-state index in [4.69, 9.17) is 16.3 Å². The van der Waals surface area contributed by atoms with E-state index in [1.807, 2.05) is 6.92 Å². The fourth-order valence-electron chi connectivity index (χ4n) is 2.58. The number of urea groups is 1. The van der Waals surface area contributed by atoms with E-state index in [0.29, 0.717) is 17.9 Å². The molecule has 1 aliphatic heterocycles. The third kappa shape index (κ3) is 3.89. The number of carbonyl (C=O) groups is 3. The molecule has 0 saturated carbocycles. The molecule has 6 nitrogen and oxygen atoms in total. The number of hydrogen-bond donors (Lipinski definition) is 1. The minimum atomic E-state index is -0.852. The molecule has 1 aliphatic rings. The maximum Gasteiger partial charge on any atom is 0.335 e. The average Bonchev–Trinajstić information content (AvgIpc) is 2.62. The standard InChI is InChI=1S/C19H14BrClN2O4/c1-2-27-16-8-7-12(20)9-11(16)10-13-17(24)22-19(26)23(18(13)25)15-6-4-3-5-14(15)21/h3-10H,2H2,1H3,(H,22,24,26)/b13-10+. The molecule has 1 saturated heterocycles. The summed E-state index contributed by atoms with van der Waals surface area (Å²) in [5.41, 5.74) is 0.520. The van der Waals surface area contributed by atoms with E-state index in [1.54, 1.807) is 36.4 Å². The summed E-state index contributed by atoms with van der Waals surface area (Å²) in [5.74, 6) is -1.04. The molecule has 0 bridgehead atoms. The SMILES string of the molecule is CCOc1ccc(Br)cc1/C=C1\C(=O)NC(=O)N(c2ccccc2Cl)C1=O. The van der Waals surface area contributed by atoms with E-state index in [1.165, 1.54) is 12.1 Å². The van der Waals surface area contributed by atoms with Gasteiger partial charge in [-0.2, -0.15) is 0 Å². The summed E-state index contributed by atoms with van der Waals surface area (Å²) >= 11 is 9.47. The van der Waals surface area contributed by atoms with E-state index >= 15 is 0 Å². The number of carbonyl (C=O) groups excluding carboxylic acids is 3. The Labute approximate surface area is 168 Å². The molecule has 3 rings (SSSR count). The van der Waals surface area contributed by atoms with Gasteiger partial charge in [0, 0.05) is 10.0 Å². The number of hydrogen-bond acceptors (Lipinski definition) is 4. The van der Waals surface area contributed by atoms with E-state index in [2.05, 4.69) is 21.2 Å². The van der Waals surface area contributed by atoms with Crippen molar-refractivity contribution in [2.75, 3.05) is 11.5 Å². The molecule has 138 valence electrons. The smallest absolute Gasteiger partial charge is 0.335 e. The van der Waals surface area contributed by atoms with Gasteiger partial charge >= 0.3 is 6.03 Å². The van der Waals surface area contributed by atoms with Crippen molar-refractivity contribution in [3.05, 3.63) is 63.1 Å². The summed E-state index contributed by atoms with van der Waals surface area (Å²) in [6, 6.07) is 10.8. The zero-order chi connectivity index (χ0) is 19.6. The van der Waals surface area contributed by atoms with Gasteiger partial charge < -0.3 is 4.74 Å². The molecule has 0 atom stereocenters. The first-order chi connectivity index (χ1) is 12.9. The quantitative estimate of drug-likeness (QED) is 0.561. The molecule has 0 unspecified atom stereocenters. The van der Waals surface area contributed by atoms with Crippen LogP contribution < -0.4 is 15.0 Å². The van der Waals surface area contributed by atoms with Crippen molar-refractivity contribution in [3.63, 3.8) is 0 Å². The van der Waals surface area contributed by atoms with Gasteiger partial charge in [0.2, 0.25) is 0 Å². The molecule has 27 heavy (non-hydrogen) atoms. The van der Waals surface area contributed by atoms with Crippen molar-refractivity contribution in [2.45, 2.75) is 6.92 Å². The molecule has 0 aromatic heterocycles. The summed E-state index contributed by atoms with van der Waals surface area (Å²) in [6.07, 6.45) is 1.39.